The van der Waals surface area contributed by atoms with Crippen molar-refractivity contribution in [1.29, 1.82) is 0 Å². The summed E-state index contributed by atoms with van der Waals surface area (Å²) in [5.41, 5.74) is 7.72. The summed E-state index contributed by atoms with van der Waals surface area (Å²) in [4.78, 5) is 34.4. The van der Waals surface area contributed by atoms with E-state index >= 15 is 0 Å². The highest BCUT2D eigenvalue weighted by molar-refractivity contribution is 5.95. The summed E-state index contributed by atoms with van der Waals surface area (Å²) >= 11 is 0. The van der Waals surface area contributed by atoms with Crippen molar-refractivity contribution in [3.63, 3.8) is 0 Å². The van der Waals surface area contributed by atoms with E-state index in [1.165, 1.54) is 0 Å². The van der Waals surface area contributed by atoms with Gasteiger partial charge in [0, 0.05) is 18.7 Å². The Morgan fingerprint density at radius 3 is 2.52 bits per heavy atom. The maximum Gasteiger partial charge on any atom is 0.312 e. The zero-order valence-corrected chi connectivity index (χ0v) is 15.1. The van der Waals surface area contributed by atoms with E-state index < -0.39 is 18.1 Å². The number of carbonyl (C=O) groups is 3. The standard InChI is InChI=1S/C18H27N3O4/c1-12-8-9-15(13(2)11-12)21-17(23)14(3)25-16(22)7-5-4-6-10-20-18(19)24/h8-9,11,14H,4-7,10H2,1-3H3,(H,21,23)(H3,19,20,24)/t14-/m1/s1. The average Bonchev–Trinajstić information content (AvgIpc) is 2.52. The van der Waals surface area contributed by atoms with Crippen LogP contribution in [0.3, 0.4) is 0 Å². The normalized spacial score (nSPS) is 11.5. The van der Waals surface area contributed by atoms with Gasteiger partial charge in [0.05, 0.1) is 0 Å². The Balaban J connectivity index is 2.29. The van der Waals surface area contributed by atoms with Gasteiger partial charge in [-0.1, -0.05) is 24.1 Å². The Hall–Kier alpha value is -2.57. The molecule has 1 atom stereocenters. The molecular formula is C18H27N3O4. The molecule has 1 aromatic carbocycles. The maximum absolute atomic E-state index is 12.1. The highest BCUT2D eigenvalue weighted by Crippen LogP contribution is 2.16. The summed E-state index contributed by atoms with van der Waals surface area (Å²) in [6.45, 7) is 5.92. The highest BCUT2D eigenvalue weighted by Gasteiger charge is 2.18. The van der Waals surface area contributed by atoms with Crippen molar-refractivity contribution < 1.29 is 19.1 Å². The van der Waals surface area contributed by atoms with E-state index in [0.29, 0.717) is 18.7 Å². The molecule has 0 heterocycles. The fraction of sp³-hybridized carbons (Fsp3) is 0.500. The molecule has 7 nitrogen and oxygen atoms in total. The number of nitrogens with two attached hydrogens (primary N) is 1. The highest BCUT2D eigenvalue weighted by atomic mass is 16.5. The van der Waals surface area contributed by atoms with E-state index in [1.807, 2.05) is 32.0 Å². The van der Waals surface area contributed by atoms with Crippen LogP contribution in [0.1, 0.15) is 43.7 Å². The molecule has 0 spiro atoms. The summed E-state index contributed by atoms with van der Waals surface area (Å²) < 4.78 is 5.15. The Morgan fingerprint density at radius 2 is 1.88 bits per heavy atom. The number of hydrogen-bond donors (Lipinski definition) is 3. The van der Waals surface area contributed by atoms with Crippen LogP contribution in [0.25, 0.3) is 0 Å². The molecule has 25 heavy (non-hydrogen) atoms. The van der Waals surface area contributed by atoms with Gasteiger partial charge in [0.1, 0.15) is 0 Å². The van der Waals surface area contributed by atoms with Crippen LogP contribution in [0.2, 0.25) is 0 Å². The Bertz CT molecular complexity index is 616. The van der Waals surface area contributed by atoms with Gasteiger partial charge in [0.25, 0.3) is 5.91 Å². The van der Waals surface area contributed by atoms with Crippen LogP contribution in [0.15, 0.2) is 18.2 Å². The number of aryl methyl sites for hydroxylation is 2. The first-order valence-electron chi connectivity index (χ1n) is 8.40. The summed E-state index contributed by atoms with van der Waals surface area (Å²) in [5.74, 6) is -0.767. The molecule has 1 aromatic rings. The first-order valence-corrected chi connectivity index (χ1v) is 8.40. The number of hydrogen-bond acceptors (Lipinski definition) is 4. The molecule has 0 saturated carbocycles. The number of anilines is 1. The number of rotatable bonds is 9. The quantitative estimate of drug-likeness (QED) is 0.469. The lowest BCUT2D eigenvalue weighted by Gasteiger charge is -2.15. The number of urea groups is 1. The first-order chi connectivity index (χ1) is 11.8. The SMILES string of the molecule is Cc1ccc(NC(=O)[C@@H](C)OC(=O)CCCCCNC(N)=O)c(C)c1. The molecule has 0 aliphatic carbocycles. The number of unbranched alkanes of at least 4 members (excludes halogenated alkanes) is 2. The zero-order chi connectivity index (χ0) is 18.8. The van der Waals surface area contributed by atoms with Crippen molar-refractivity contribution in [2.75, 3.05) is 11.9 Å². The molecule has 4 N–H and O–H groups in total. The minimum Gasteiger partial charge on any atom is -0.453 e. The number of esters is 1. The van der Waals surface area contributed by atoms with Gasteiger partial charge in [-0.3, -0.25) is 9.59 Å². The van der Waals surface area contributed by atoms with Crippen LogP contribution in [0.5, 0.6) is 0 Å². The number of ether oxygens (including phenoxy) is 1. The van der Waals surface area contributed by atoms with Gasteiger partial charge in [-0.2, -0.15) is 0 Å². The smallest absolute Gasteiger partial charge is 0.312 e. The van der Waals surface area contributed by atoms with E-state index in [0.717, 1.165) is 24.0 Å². The van der Waals surface area contributed by atoms with Gasteiger partial charge in [-0.05, 0) is 45.2 Å². The summed E-state index contributed by atoms with van der Waals surface area (Å²) in [7, 11) is 0. The first kappa shape index (κ1) is 20.5. The summed E-state index contributed by atoms with van der Waals surface area (Å²) in [6, 6.07) is 5.16. The van der Waals surface area contributed by atoms with E-state index in [-0.39, 0.29) is 12.3 Å². The van der Waals surface area contributed by atoms with Crippen LogP contribution in [0, 0.1) is 13.8 Å². The molecule has 0 aliphatic heterocycles. The molecule has 1 rings (SSSR count). The zero-order valence-electron chi connectivity index (χ0n) is 15.1. The predicted octanol–water partition coefficient (Wildman–Crippen LogP) is 2.40. The van der Waals surface area contributed by atoms with Crippen molar-refractivity contribution in [3.05, 3.63) is 29.3 Å². The van der Waals surface area contributed by atoms with Crippen molar-refractivity contribution in [2.45, 2.75) is 52.6 Å². The number of benzene rings is 1. The summed E-state index contributed by atoms with van der Waals surface area (Å²) in [5, 5.41) is 5.25. The van der Waals surface area contributed by atoms with Crippen LogP contribution < -0.4 is 16.4 Å². The molecule has 7 heteroatoms. The minimum absolute atomic E-state index is 0.234. The second-order valence-electron chi connectivity index (χ2n) is 6.04. The van der Waals surface area contributed by atoms with E-state index in [9.17, 15) is 14.4 Å². The minimum atomic E-state index is -0.857. The topological polar surface area (TPSA) is 111 Å². The summed E-state index contributed by atoms with van der Waals surface area (Å²) in [6.07, 6.45) is 1.50. The third-order valence-electron chi connectivity index (χ3n) is 3.67. The second-order valence-corrected chi connectivity index (χ2v) is 6.04. The van der Waals surface area contributed by atoms with Gasteiger partial charge >= 0.3 is 12.0 Å². The Kier molecular flexibility index (Phi) is 8.46. The lowest BCUT2D eigenvalue weighted by Crippen LogP contribution is -2.30. The van der Waals surface area contributed by atoms with Crippen molar-refractivity contribution >= 4 is 23.6 Å². The molecule has 0 radical (unpaired) electrons. The number of carbonyl (C=O) groups excluding carboxylic acids is 3. The van der Waals surface area contributed by atoms with E-state index in [2.05, 4.69) is 10.6 Å². The number of amides is 3. The van der Waals surface area contributed by atoms with Crippen LogP contribution >= 0.6 is 0 Å². The second kappa shape index (κ2) is 10.3. The van der Waals surface area contributed by atoms with E-state index in [1.54, 1.807) is 6.92 Å². The Labute approximate surface area is 148 Å². The maximum atomic E-state index is 12.1. The molecule has 0 fully saturated rings. The van der Waals surface area contributed by atoms with Gasteiger partial charge in [-0.15, -0.1) is 0 Å². The molecule has 0 aromatic heterocycles. The van der Waals surface area contributed by atoms with Gasteiger partial charge < -0.3 is 21.1 Å². The molecule has 0 saturated heterocycles. The molecule has 0 unspecified atom stereocenters. The number of primary amides is 1. The van der Waals surface area contributed by atoms with E-state index in [4.69, 9.17) is 10.5 Å². The molecule has 3 amide bonds. The van der Waals surface area contributed by atoms with Gasteiger partial charge in [0.15, 0.2) is 6.10 Å². The third kappa shape index (κ3) is 8.19. The molecule has 0 bridgehead atoms. The lowest BCUT2D eigenvalue weighted by molar-refractivity contribution is -0.153. The van der Waals surface area contributed by atoms with Crippen molar-refractivity contribution in [2.24, 2.45) is 5.73 Å². The third-order valence-corrected chi connectivity index (χ3v) is 3.67. The van der Waals surface area contributed by atoms with Crippen LogP contribution in [0.4, 0.5) is 10.5 Å². The lowest BCUT2D eigenvalue weighted by atomic mass is 10.1. The van der Waals surface area contributed by atoms with Crippen LogP contribution in [-0.2, 0) is 14.3 Å². The molecule has 0 aliphatic rings. The molecule has 138 valence electrons. The monoisotopic (exact) mass is 349 g/mol. The fourth-order valence-corrected chi connectivity index (χ4v) is 2.28. The average molecular weight is 349 g/mol. The largest absolute Gasteiger partial charge is 0.453 e. The Morgan fingerprint density at radius 1 is 1.16 bits per heavy atom. The van der Waals surface area contributed by atoms with Crippen LogP contribution in [-0.4, -0.2) is 30.6 Å². The van der Waals surface area contributed by atoms with Crippen molar-refractivity contribution in [3.8, 4) is 0 Å². The number of nitrogens with one attached hydrogen (secondary N) is 2. The fourth-order valence-electron chi connectivity index (χ4n) is 2.28. The van der Waals surface area contributed by atoms with Gasteiger partial charge in [0.2, 0.25) is 0 Å². The molecular weight excluding hydrogens is 322 g/mol. The predicted molar refractivity (Wildman–Crippen MR) is 96.2 cm³/mol. The van der Waals surface area contributed by atoms with Crippen molar-refractivity contribution in [1.82, 2.24) is 5.32 Å². The van der Waals surface area contributed by atoms with Gasteiger partial charge in [-0.25, -0.2) is 4.79 Å².